The van der Waals surface area contributed by atoms with Crippen LogP contribution in [0.15, 0.2) is 76.6 Å². The van der Waals surface area contributed by atoms with Crippen LogP contribution in [0.2, 0.25) is 0 Å². The number of aromatic nitrogens is 1. The quantitative estimate of drug-likeness (QED) is 0.371. The summed E-state index contributed by atoms with van der Waals surface area (Å²) in [6, 6.07) is 23.5. The van der Waals surface area contributed by atoms with E-state index in [0.717, 1.165) is 22.5 Å². The number of anilines is 4. The summed E-state index contributed by atoms with van der Waals surface area (Å²) < 4.78 is 6.15. The minimum atomic E-state index is 0.0643. The van der Waals surface area contributed by atoms with Crippen LogP contribution in [0.25, 0.3) is 17.2 Å². The van der Waals surface area contributed by atoms with Gasteiger partial charge in [0.05, 0.1) is 28.6 Å². The smallest absolute Gasteiger partial charge is 0.408 e. The van der Waals surface area contributed by atoms with Gasteiger partial charge >= 0.3 is 6.98 Å². The topological polar surface area (TPSA) is 35.8 Å². The van der Waals surface area contributed by atoms with Crippen LogP contribution in [0.1, 0.15) is 25.3 Å². The first-order chi connectivity index (χ1) is 15.5. The Hall–Kier alpha value is -3.67. The van der Waals surface area contributed by atoms with Crippen molar-refractivity contribution in [2.24, 2.45) is 0 Å². The Morgan fingerprint density at radius 2 is 1.62 bits per heavy atom. The van der Waals surface area contributed by atoms with Gasteiger partial charge in [0, 0.05) is 11.4 Å². The van der Waals surface area contributed by atoms with Crippen LogP contribution in [0, 0.1) is 6.92 Å². The first-order valence-corrected chi connectivity index (χ1v) is 11.1. The van der Waals surface area contributed by atoms with E-state index < -0.39 is 0 Å². The van der Waals surface area contributed by atoms with Crippen LogP contribution < -0.4 is 14.5 Å². The Bertz CT molecular complexity index is 1360. The fourth-order valence-corrected chi connectivity index (χ4v) is 5.35. The van der Waals surface area contributed by atoms with Crippen LogP contribution in [-0.2, 0) is 0 Å². The minimum absolute atomic E-state index is 0.0643. The van der Waals surface area contributed by atoms with Gasteiger partial charge in [0.25, 0.3) is 0 Å². The first kappa shape index (κ1) is 19.1. The maximum atomic E-state index is 6.15. The van der Waals surface area contributed by atoms with Crippen LogP contribution in [0.4, 0.5) is 22.7 Å². The number of para-hydroxylation sites is 3. The third-order valence-corrected chi connectivity index (χ3v) is 6.67. The van der Waals surface area contributed by atoms with Crippen molar-refractivity contribution < 1.29 is 4.42 Å². The highest BCUT2D eigenvalue weighted by atomic mass is 16.3. The molecule has 0 N–H and O–H groups in total. The number of hydrogen-bond acceptors (Lipinski definition) is 5. The zero-order valence-electron chi connectivity index (χ0n) is 18.8. The molecule has 2 aliphatic rings. The molecular formula is C26H25BN4O. The summed E-state index contributed by atoms with van der Waals surface area (Å²) in [6.07, 6.45) is 2.32. The lowest BCUT2D eigenvalue weighted by molar-refractivity contribution is 0.590. The molecule has 1 atom stereocenters. The molecule has 5 nitrogen and oxygen atoms in total. The fourth-order valence-electron chi connectivity index (χ4n) is 5.35. The van der Waals surface area contributed by atoms with E-state index in [1.807, 2.05) is 6.92 Å². The van der Waals surface area contributed by atoms with Gasteiger partial charge in [-0.3, -0.25) is 0 Å². The average Bonchev–Trinajstić information content (AvgIpc) is 3.28. The van der Waals surface area contributed by atoms with Gasteiger partial charge in [-0.15, -0.1) is 0 Å². The molecule has 0 bridgehead atoms. The highest BCUT2D eigenvalue weighted by Crippen LogP contribution is 2.47. The number of furan rings is 1. The third kappa shape index (κ3) is 2.62. The molecule has 2 aromatic heterocycles. The molecule has 0 amide bonds. The summed E-state index contributed by atoms with van der Waals surface area (Å²) in [6.45, 7) is 6.53. The number of hydrogen-bond donors (Lipinski definition) is 0. The average molecular weight is 420 g/mol. The molecule has 6 heteroatoms. The standard InChI is InChI=1S/C26H25BN4O/c1-17-16-24-25(21-15-14-18(2)28-26(21)32-24)29(4)27(17)31-19(3)30(20-10-6-5-7-11-20)22-12-8-9-13-23(22)31/h5-16,19H,1-4H3/t19-/m0/s1. The van der Waals surface area contributed by atoms with Crippen molar-refractivity contribution in [1.29, 1.82) is 0 Å². The number of aryl methyl sites for hydroxylation is 1. The van der Waals surface area contributed by atoms with E-state index >= 15 is 0 Å². The Morgan fingerprint density at radius 1 is 0.906 bits per heavy atom. The number of nitrogens with zero attached hydrogens (tertiary/aromatic N) is 4. The van der Waals surface area contributed by atoms with Gasteiger partial charge in [-0.2, -0.15) is 0 Å². The van der Waals surface area contributed by atoms with E-state index in [9.17, 15) is 0 Å². The zero-order valence-corrected chi connectivity index (χ0v) is 18.8. The summed E-state index contributed by atoms with van der Waals surface area (Å²) in [5.41, 5.74) is 7.67. The zero-order chi connectivity index (χ0) is 22.0. The highest BCUT2D eigenvalue weighted by molar-refractivity contribution is 6.76. The third-order valence-electron chi connectivity index (χ3n) is 6.67. The normalized spacial score (nSPS) is 17.6. The Kier molecular flexibility index (Phi) is 4.12. The monoisotopic (exact) mass is 420 g/mol. The summed E-state index contributed by atoms with van der Waals surface area (Å²) >= 11 is 0. The van der Waals surface area contributed by atoms with E-state index in [0.29, 0.717) is 5.71 Å². The van der Waals surface area contributed by atoms with Crippen molar-refractivity contribution >= 4 is 46.9 Å². The number of allylic oxidation sites excluding steroid dienone is 1. The van der Waals surface area contributed by atoms with E-state index in [1.54, 1.807) is 0 Å². The van der Waals surface area contributed by atoms with Crippen LogP contribution in [-0.4, -0.2) is 25.2 Å². The molecule has 0 radical (unpaired) electrons. The van der Waals surface area contributed by atoms with Gasteiger partial charge in [0.2, 0.25) is 5.71 Å². The van der Waals surface area contributed by atoms with E-state index in [2.05, 4.69) is 113 Å². The van der Waals surface area contributed by atoms with Crippen LogP contribution in [0.5, 0.6) is 0 Å². The Morgan fingerprint density at radius 3 is 2.41 bits per heavy atom. The maximum absolute atomic E-state index is 6.15. The van der Waals surface area contributed by atoms with E-state index in [1.165, 1.54) is 22.5 Å². The van der Waals surface area contributed by atoms with Crippen molar-refractivity contribution in [3.63, 3.8) is 0 Å². The molecule has 0 spiro atoms. The SMILES string of the molecule is CC1=Cc2oc3nc(C)ccc3c2N(C)B1N1c2ccccc2N(c2ccccc2)[C@@H]1C. The number of fused-ring (bicyclic) bond motifs is 4. The van der Waals surface area contributed by atoms with E-state index in [-0.39, 0.29) is 13.1 Å². The van der Waals surface area contributed by atoms with Gasteiger partial charge in [-0.1, -0.05) is 35.8 Å². The second-order valence-corrected chi connectivity index (χ2v) is 8.73. The molecule has 6 rings (SSSR count). The van der Waals surface area contributed by atoms with E-state index in [4.69, 9.17) is 4.42 Å². The molecule has 0 saturated carbocycles. The van der Waals surface area contributed by atoms with Crippen molar-refractivity contribution in [1.82, 2.24) is 4.98 Å². The van der Waals surface area contributed by atoms with Crippen LogP contribution in [0.3, 0.4) is 0 Å². The molecule has 0 saturated heterocycles. The molecule has 32 heavy (non-hydrogen) atoms. The fraction of sp³-hybridized carbons (Fsp3) is 0.192. The van der Waals surface area contributed by atoms with Crippen molar-refractivity contribution in [2.75, 3.05) is 21.6 Å². The molecule has 158 valence electrons. The lowest BCUT2D eigenvalue weighted by Crippen LogP contribution is -2.58. The Balaban J connectivity index is 1.49. The summed E-state index contributed by atoms with van der Waals surface area (Å²) in [5.74, 6) is 0.884. The van der Waals surface area contributed by atoms with Crippen molar-refractivity contribution in [2.45, 2.75) is 26.9 Å². The molecule has 4 heterocycles. The van der Waals surface area contributed by atoms with Gasteiger partial charge in [-0.05, 0) is 70.3 Å². The van der Waals surface area contributed by atoms with Crippen molar-refractivity contribution in [3.05, 3.63) is 83.7 Å². The highest BCUT2D eigenvalue weighted by Gasteiger charge is 2.45. The maximum Gasteiger partial charge on any atom is 0.408 e. The second-order valence-electron chi connectivity index (χ2n) is 8.73. The molecule has 0 fully saturated rings. The molecule has 4 aromatic rings. The van der Waals surface area contributed by atoms with Crippen molar-refractivity contribution in [3.8, 4) is 0 Å². The van der Waals surface area contributed by atoms with Crippen LogP contribution >= 0.6 is 0 Å². The van der Waals surface area contributed by atoms with Gasteiger partial charge in [0.15, 0.2) is 5.76 Å². The summed E-state index contributed by atoms with van der Waals surface area (Å²) in [4.78, 5) is 11.9. The molecule has 2 aromatic carbocycles. The second kappa shape index (κ2) is 6.92. The Labute approximate surface area is 188 Å². The number of rotatable bonds is 2. The minimum Gasteiger partial charge on any atom is -0.436 e. The largest absolute Gasteiger partial charge is 0.436 e. The molecule has 2 aliphatic heterocycles. The number of benzene rings is 2. The molecule has 0 aliphatic carbocycles. The van der Waals surface area contributed by atoms with Gasteiger partial charge < -0.3 is 18.9 Å². The molecule has 0 unspecified atom stereocenters. The van der Waals surface area contributed by atoms with Gasteiger partial charge in [0.1, 0.15) is 0 Å². The molecular weight excluding hydrogens is 395 g/mol. The van der Waals surface area contributed by atoms with Gasteiger partial charge in [-0.25, -0.2) is 4.98 Å². The number of pyridine rings is 1. The summed E-state index contributed by atoms with van der Waals surface area (Å²) in [7, 11) is 2.16. The lowest BCUT2D eigenvalue weighted by atomic mass is 9.61. The lowest BCUT2D eigenvalue weighted by Gasteiger charge is -2.41. The predicted molar refractivity (Wildman–Crippen MR) is 134 cm³/mol. The predicted octanol–water partition coefficient (Wildman–Crippen LogP) is 6.02. The summed E-state index contributed by atoms with van der Waals surface area (Å²) in [5, 5.41) is 1.06. The first-order valence-electron chi connectivity index (χ1n) is 11.1.